The Labute approximate surface area is 146 Å². The molecule has 1 aliphatic heterocycles. The van der Waals surface area contributed by atoms with Gasteiger partial charge in [-0.15, -0.1) is 0 Å². The summed E-state index contributed by atoms with van der Waals surface area (Å²) in [7, 11) is 0. The molecule has 25 heavy (non-hydrogen) atoms. The zero-order valence-electron chi connectivity index (χ0n) is 14.1. The van der Waals surface area contributed by atoms with Gasteiger partial charge in [-0.1, -0.05) is 18.2 Å². The molecule has 128 valence electrons. The molecule has 1 aliphatic rings. The van der Waals surface area contributed by atoms with Gasteiger partial charge in [-0.25, -0.2) is 9.97 Å². The van der Waals surface area contributed by atoms with E-state index in [-0.39, 0.29) is 18.6 Å². The van der Waals surface area contributed by atoms with E-state index in [9.17, 15) is 4.79 Å². The van der Waals surface area contributed by atoms with Crippen LogP contribution in [0.15, 0.2) is 48.7 Å². The standard InChI is InChI=1S/C19H20N4O2/c1-14-21-17-8-5-10-20-19(17)23(14)15-9-11-22(12-15)18(24)13-25-16-6-3-2-4-7-16/h2-8,10,15H,9,11-13H2,1H3/t15-/m1/s1. The molecule has 1 aromatic carbocycles. The average Bonchev–Trinajstić information content (AvgIpc) is 3.24. The SMILES string of the molecule is Cc1nc2cccnc2n1[C@@H]1CCN(C(=O)COc2ccccc2)C1. The molecule has 3 heterocycles. The van der Waals surface area contributed by atoms with Gasteiger partial charge >= 0.3 is 0 Å². The smallest absolute Gasteiger partial charge is 0.260 e. The summed E-state index contributed by atoms with van der Waals surface area (Å²) < 4.78 is 7.73. The Hall–Kier alpha value is -2.89. The van der Waals surface area contributed by atoms with Crippen LogP contribution in [0.4, 0.5) is 0 Å². The topological polar surface area (TPSA) is 60.2 Å². The summed E-state index contributed by atoms with van der Waals surface area (Å²) in [5.41, 5.74) is 1.79. The van der Waals surface area contributed by atoms with E-state index < -0.39 is 0 Å². The van der Waals surface area contributed by atoms with E-state index in [4.69, 9.17) is 4.74 Å². The Balaban J connectivity index is 1.44. The van der Waals surface area contributed by atoms with Gasteiger partial charge in [-0.05, 0) is 37.6 Å². The number of fused-ring (bicyclic) bond motifs is 1. The highest BCUT2D eigenvalue weighted by molar-refractivity contribution is 5.78. The van der Waals surface area contributed by atoms with Crippen molar-refractivity contribution in [3.05, 3.63) is 54.5 Å². The molecule has 6 nitrogen and oxygen atoms in total. The molecule has 0 spiro atoms. The van der Waals surface area contributed by atoms with Gasteiger partial charge in [0.15, 0.2) is 12.3 Å². The number of pyridine rings is 1. The molecule has 4 rings (SSSR count). The highest BCUT2D eigenvalue weighted by Gasteiger charge is 2.29. The number of para-hydroxylation sites is 1. The van der Waals surface area contributed by atoms with Crippen molar-refractivity contribution in [3.63, 3.8) is 0 Å². The number of ether oxygens (including phenoxy) is 1. The van der Waals surface area contributed by atoms with E-state index in [1.54, 1.807) is 6.20 Å². The van der Waals surface area contributed by atoms with Crippen LogP contribution in [-0.2, 0) is 4.79 Å². The molecular weight excluding hydrogens is 316 g/mol. The van der Waals surface area contributed by atoms with Crippen LogP contribution in [0, 0.1) is 6.92 Å². The van der Waals surface area contributed by atoms with Crippen molar-refractivity contribution in [3.8, 4) is 5.75 Å². The highest BCUT2D eigenvalue weighted by atomic mass is 16.5. The van der Waals surface area contributed by atoms with E-state index in [1.165, 1.54) is 0 Å². The normalized spacial score (nSPS) is 17.2. The van der Waals surface area contributed by atoms with E-state index in [0.29, 0.717) is 12.3 Å². The number of hydrogen-bond acceptors (Lipinski definition) is 4. The molecule has 0 N–H and O–H groups in total. The van der Waals surface area contributed by atoms with Crippen molar-refractivity contribution in [2.24, 2.45) is 0 Å². The maximum Gasteiger partial charge on any atom is 0.260 e. The largest absolute Gasteiger partial charge is 0.484 e. The Bertz CT molecular complexity index is 891. The fourth-order valence-electron chi connectivity index (χ4n) is 3.41. The Kier molecular flexibility index (Phi) is 4.09. The van der Waals surface area contributed by atoms with Gasteiger partial charge in [0.2, 0.25) is 0 Å². The minimum atomic E-state index is 0.0152. The third-order valence-corrected chi connectivity index (χ3v) is 4.61. The van der Waals surface area contributed by atoms with Crippen LogP contribution in [0.5, 0.6) is 5.75 Å². The van der Waals surface area contributed by atoms with Crippen LogP contribution < -0.4 is 4.74 Å². The van der Waals surface area contributed by atoms with Crippen molar-refractivity contribution in [1.29, 1.82) is 0 Å². The minimum Gasteiger partial charge on any atom is -0.484 e. The zero-order chi connectivity index (χ0) is 17.2. The summed E-state index contributed by atoms with van der Waals surface area (Å²) in [4.78, 5) is 23.3. The second-order valence-electron chi connectivity index (χ2n) is 6.26. The minimum absolute atomic E-state index is 0.0152. The van der Waals surface area contributed by atoms with Crippen LogP contribution in [-0.4, -0.2) is 45.0 Å². The maximum absolute atomic E-state index is 12.4. The second-order valence-corrected chi connectivity index (χ2v) is 6.26. The fourth-order valence-corrected chi connectivity index (χ4v) is 3.41. The van der Waals surface area contributed by atoms with E-state index >= 15 is 0 Å². The van der Waals surface area contributed by atoms with Crippen molar-refractivity contribution < 1.29 is 9.53 Å². The second kappa shape index (κ2) is 6.55. The number of likely N-dealkylation sites (tertiary alicyclic amines) is 1. The number of carbonyl (C=O) groups excluding carboxylic acids is 1. The molecular formula is C19H20N4O2. The Morgan fingerprint density at radius 2 is 2.08 bits per heavy atom. The predicted molar refractivity (Wildman–Crippen MR) is 94.4 cm³/mol. The van der Waals surface area contributed by atoms with Crippen molar-refractivity contribution in [2.45, 2.75) is 19.4 Å². The van der Waals surface area contributed by atoms with E-state index in [1.807, 2.05) is 54.3 Å². The number of benzene rings is 1. The Morgan fingerprint density at radius 1 is 1.24 bits per heavy atom. The molecule has 0 saturated carbocycles. The average molecular weight is 336 g/mol. The summed E-state index contributed by atoms with van der Waals surface area (Å²) in [5.74, 6) is 1.67. The van der Waals surface area contributed by atoms with E-state index in [2.05, 4.69) is 14.5 Å². The van der Waals surface area contributed by atoms with Gasteiger partial charge in [0.05, 0.1) is 6.04 Å². The quantitative estimate of drug-likeness (QED) is 0.735. The monoisotopic (exact) mass is 336 g/mol. The lowest BCUT2D eigenvalue weighted by Crippen LogP contribution is -2.33. The fraction of sp³-hybridized carbons (Fsp3) is 0.316. The lowest BCUT2D eigenvalue weighted by atomic mass is 10.2. The van der Waals surface area contributed by atoms with Gasteiger partial charge in [-0.3, -0.25) is 4.79 Å². The molecule has 1 atom stereocenters. The first kappa shape index (κ1) is 15.6. The van der Waals surface area contributed by atoms with Crippen LogP contribution in [0.3, 0.4) is 0 Å². The summed E-state index contributed by atoms with van der Waals surface area (Å²) in [5, 5.41) is 0. The molecule has 3 aromatic rings. The van der Waals surface area contributed by atoms with Crippen LogP contribution in [0.2, 0.25) is 0 Å². The number of rotatable bonds is 4. The number of imidazole rings is 1. The summed E-state index contributed by atoms with van der Waals surface area (Å²) in [6, 6.07) is 13.5. The first-order chi connectivity index (χ1) is 12.2. The predicted octanol–water partition coefficient (Wildman–Crippen LogP) is 2.59. The highest BCUT2D eigenvalue weighted by Crippen LogP contribution is 2.27. The van der Waals surface area contributed by atoms with Crippen molar-refractivity contribution >= 4 is 17.1 Å². The first-order valence-corrected chi connectivity index (χ1v) is 8.47. The number of aromatic nitrogens is 3. The summed E-state index contributed by atoms with van der Waals surface area (Å²) in [6.45, 7) is 3.46. The lowest BCUT2D eigenvalue weighted by molar-refractivity contribution is -0.132. The van der Waals surface area contributed by atoms with E-state index in [0.717, 1.165) is 30.0 Å². The van der Waals surface area contributed by atoms with Crippen molar-refractivity contribution in [1.82, 2.24) is 19.4 Å². The van der Waals surface area contributed by atoms with Gasteiger partial charge in [0.25, 0.3) is 5.91 Å². The first-order valence-electron chi connectivity index (χ1n) is 8.47. The molecule has 1 fully saturated rings. The zero-order valence-corrected chi connectivity index (χ0v) is 14.1. The molecule has 2 aromatic heterocycles. The molecule has 0 aliphatic carbocycles. The number of carbonyl (C=O) groups is 1. The van der Waals surface area contributed by atoms with Crippen LogP contribution >= 0.6 is 0 Å². The molecule has 0 radical (unpaired) electrons. The van der Waals surface area contributed by atoms with Crippen LogP contribution in [0.25, 0.3) is 11.2 Å². The van der Waals surface area contributed by atoms with Gasteiger partial charge < -0.3 is 14.2 Å². The third-order valence-electron chi connectivity index (χ3n) is 4.61. The van der Waals surface area contributed by atoms with Crippen molar-refractivity contribution in [2.75, 3.05) is 19.7 Å². The van der Waals surface area contributed by atoms with Gasteiger partial charge in [0, 0.05) is 19.3 Å². The number of hydrogen-bond donors (Lipinski definition) is 0. The molecule has 6 heteroatoms. The molecule has 0 unspecified atom stereocenters. The molecule has 1 saturated heterocycles. The number of amides is 1. The summed E-state index contributed by atoms with van der Waals surface area (Å²) >= 11 is 0. The molecule has 0 bridgehead atoms. The number of aryl methyl sites for hydroxylation is 1. The summed E-state index contributed by atoms with van der Waals surface area (Å²) in [6.07, 6.45) is 2.69. The lowest BCUT2D eigenvalue weighted by Gasteiger charge is -2.18. The van der Waals surface area contributed by atoms with Gasteiger partial charge in [0.1, 0.15) is 17.1 Å². The van der Waals surface area contributed by atoms with Crippen LogP contribution in [0.1, 0.15) is 18.3 Å². The number of nitrogens with zero attached hydrogens (tertiary/aromatic N) is 4. The Morgan fingerprint density at radius 3 is 2.92 bits per heavy atom. The van der Waals surface area contributed by atoms with Gasteiger partial charge in [-0.2, -0.15) is 0 Å². The maximum atomic E-state index is 12.4. The third kappa shape index (κ3) is 3.07. The molecule has 1 amide bonds.